The molecule has 0 unspecified atom stereocenters. The maximum atomic E-state index is 12.0. The van der Waals surface area contributed by atoms with Crippen LogP contribution in [-0.2, 0) is 25.4 Å². The molecule has 0 amide bonds. The lowest BCUT2D eigenvalue weighted by molar-refractivity contribution is -0.160. The first-order valence-electron chi connectivity index (χ1n) is 9.72. The molecule has 3 rings (SSSR count). The number of hydrogen-bond donors (Lipinski definition) is 0. The molecule has 7 nitrogen and oxygen atoms in total. The van der Waals surface area contributed by atoms with Gasteiger partial charge in [0.2, 0.25) is 0 Å². The molecule has 0 atom stereocenters. The molecule has 0 fully saturated rings. The van der Waals surface area contributed by atoms with Crippen molar-refractivity contribution in [1.82, 2.24) is 9.55 Å². The third-order valence-electron chi connectivity index (χ3n) is 4.36. The molecule has 0 aliphatic carbocycles. The number of carbonyl (C=O) groups is 2. The molecular weight excluding hydrogens is 384 g/mol. The van der Waals surface area contributed by atoms with Crippen LogP contribution in [0.2, 0.25) is 0 Å². The molecular formula is C23H26N2O5. The van der Waals surface area contributed by atoms with Crippen molar-refractivity contribution in [3.8, 4) is 5.82 Å². The maximum absolute atomic E-state index is 12.0. The summed E-state index contributed by atoms with van der Waals surface area (Å²) in [5.74, 6) is -0.0183. The molecule has 0 radical (unpaired) electrons. The number of aromatic nitrogens is 2. The van der Waals surface area contributed by atoms with Crippen LogP contribution in [0.3, 0.4) is 0 Å². The fourth-order valence-electron chi connectivity index (χ4n) is 3.14. The Hall–Kier alpha value is -3.19. The highest BCUT2D eigenvalue weighted by Gasteiger charge is 2.17. The van der Waals surface area contributed by atoms with Gasteiger partial charge in [-0.25, -0.2) is 14.6 Å². The van der Waals surface area contributed by atoms with Crippen LogP contribution in [0.4, 0.5) is 0 Å². The number of ether oxygens (including phenoxy) is 3. The fraction of sp³-hybridized carbons (Fsp3) is 0.348. The van der Waals surface area contributed by atoms with Gasteiger partial charge in [-0.15, -0.1) is 0 Å². The summed E-state index contributed by atoms with van der Waals surface area (Å²) in [7, 11) is 1.36. The second kappa shape index (κ2) is 9.09. The highest BCUT2D eigenvalue weighted by atomic mass is 16.6. The van der Waals surface area contributed by atoms with Crippen molar-refractivity contribution in [2.45, 2.75) is 32.8 Å². The van der Waals surface area contributed by atoms with E-state index in [1.807, 2.05) is 61.9 Å². The average molecular weight is 410 g/mol. The second-order valence-electron chi connectivity index (χ2n) is 7.82. The van der Waals surface area contributed by atoms with Crippen molar-refractivity contribution < 1.29 is 23.8 Å². The maximum Gasteiger partial charge on any atom is 0.337 e. The smallest absolute Gasteiger partial charge is 0.337 e. The first kappa shape index (κ1) is 21.5. The number of rotatable bonds is 7. The Kier molecular flexibility index (Phi) is 6.52. The SMILES string of the molecule is COC(=O)c1ccc2c(c1)c(CCOCC(=O)OC(C)(C)C)cn2-c1ccccn1. The average Bonchev–Trinajstić information content (AvgIpc) is 3.08. The lowest BCUT2D eigenvalue weighted by Crippen LogP contribution is -2.26. The molecule has 0 spiro atoms. The topological polar surface area (TPSA) is 79.6 Å². The van der Waals surface area contributed by atoms with E-state index < -0.39 is 17.5 Å². The fourth-order valence-corrected chi connectivity index (χ4v) is 3.14. The van der Waals surface area contributed by atoms with Crippen molar-refractivity contribution in [1.29, 1.82) is 0 Å². The Morgan fingerprint density at radius 3 is 2.60 bits per heavy atom. The summed E-state index contributed by atoms with van der Waals surface area (Å²) in [6.45, 7) is 5.68. The zero-order valence-electron chi connectivity index (χ0n) is 17.7. The van der Waals surface area contributed by atoms with Gasteiger partial charge in [0.15, 0.2) is 0 Å². The van der Waals surface area contributed by atoms with Gasteiger partial charge in [-0.2, -0.15) is 0 Å². The van der Waals surface area contributed by atoms with Crippen molar-refractivity contribution in [2.24, 2.45) is 0 Å². The van der Waals surface area contributed by atoms with Gasteiger partial charge < -0.3 is 18.8 Å². The van der Waals surface area contributed by atoms with Crippen molar-refractivity contribution in [2.75, 3.05) is 20.3 Å². The number of methoxy groups -OCH3 is 1. The predicted molar refractivity (Wildman–Crippen MR) is 113 cm³/mol. The summed E-state index contributed by atoms with van der Waals surface area (Å²) < 4.78 is 17.6. The molecule has 1 aromatic carbocycles. The summed E-state index contributed by atoms with van der Waals surface area (Å²) >= 11 is 0. The number of benzene rings is 1. The third-order valence-corrected chi connectivity index (χ3v) is 4.36. The number of esters is 2. The highest BCUT2D eigenvalue weighted by molar-refractivity contribution is 5.96. The molecule has 0 bridgehead atoms. The van der Waals surface area contributed by atoms with E-state index >= 15 is 0 Å². The van der Waals surface area contributed by atoms with Gasteiger partial charge in [-0.3, -0.25) is 0 Å². The van der Waals surface area contributed by atoms with Crippen LogP contribution < -0.4 is 0 Å². The largest absolute Gasteiger partial charge is 0.465 e. The zero-order chi connectivity index (χ0) is 21.7. The summed E-state index contributed by atoms with van der Waals surface area (Å²) in [6, 6.07) is 11.1. The number of nitrogens with zero attached hydrogens (tertiary/aromatic N) is 2. The Balaban J connectivity index is 1.82. The van der Waals surface area contributed by atoms with Gasteiger partial charge in [0, 0.05) is 17.8 Å². The van der Waals surface area contributed by atoms with Crippen LogP contribution >= 0.6 is 0 Å². The number of pyridine rings is 1. The summed E-state index contributed by atoms with van der Waals surface area (Å²) in [4.78, 5) is 28.2. The van der Waals surface area contributed by atoms with Gasteiger partial charge >= 0.3 is 11.9 Å². The Morgan fingerprint density at radius 2 is 1.93 bits per heavy atom. The molecule has 2 heterocycles. The molecule has 0 N–H and O–H groups in total. The zero-order valence-corrected chi connectivity index (χ0v) is 17.7. The number of hydrogen-bond acceptors (Lipinski definition) is 6. The number of carbonyl (C=O) groups excluding carboxylic acids is 2. The van der Waals surface area contributed by atoms with E-state index in [1.54, 1.807) is 12.3 Å². The minimum Gasteiger partial charge on any atom is -0.465 e. The molecule has 2 aromatic heterocycles. The van der Waals surface area contributed by atoms with E-state index in [1.165, 1.54) is 7.11 Å². The van der Waals surface area contributed by atoms with E-state index in [0.717, 1.165) is 22.3 Å². The minimum atomic E-state index is -0.541. The van der Waals surface area contributed by atoms with Crippen LogP contribution in [0.25, 0.3) is 16.7 Å². The Labute approximate surface area is 175 Å². The summed E-state index contributed by atoms with van der Waals surface area (Å²) in [5.41, 5.74) is 1.83. The highest BCUT2D eigenvalue weighted by Crippen LogP contribution is 2.26. The first-order chi connectivity index (χ1) is 14.3. The molecule has 158 valence electrons. The molecule has 0 saturated heterocycles. The normalized spacial score (nSPS) is 11.5. The monoisotopic (exact) mass is 410 g/mol. The van der Waals surface area contributed by atoms with Crippen LogP contribution in [0, 0.1) is 0 Å². The third kappa shape index (κ3) is 5.24. The van der Waals surface area contributed by atoms with Gasteiger partial charge in [-0.1, -0.05) is 6.07 Å². The van der Waals surface area contributed by atoms with E-state index in [0.29, 0.717) is 18.6 Å². The molecule has 3 aromatic rings. The minimum absolute atomic E-state index is 0.108. The quantitative estimate of drug-likeness (QED) is 0.436. The van der Waals surface area contributed by atoms with Gasteiger partial charge in [-0.05, 0) is 63.1 Å². The lowest BCUT2D eigenvalue weighted by Gasteiger charge is -2.19. The molecule has 0 aliphatic heterocycles. The van der Waals surface area contributed by atoms with Crippen LogP contribution in [0.15, 0.2) is 48.8 Å². The van der Waals surface area contributed by atoms with Crippen LogP contribution in [-0.4, -0.2) is 47.4 Å². The van der Waals surface area contributed by atoms with Crippen LogP contribution in [0.1, 0.15) is 36.7 Å². The Bertz CT molecular complexity index is 1030. The standard InChI is InChI=1S/C23H26N2O5/c1-23(2,3)30-21(26)15-29-12-10-17-14-25(20-7-5-6-11-24-20)19-9-8-16(13-18(17)19)22(27)28-4/h5-9,11,13-14H,10,12,15H2,1-4H3. The van der Waals surface area contributed by atoms with Gasteiger partial charge in [0.1, 0.15) is 18.0 Å². The molecule has 30 heavy (non-hydrogen) atoms. The summed E-state index contributed by atoms with van der Waals surface area (Å²) in [5, 5.41) is 0.907. The van der Waals surface area contributed by atoms with Crippen molar-refractivity contribution in [3.63, 3.8) is 0 Å². The van der Waals surface area contributed by atoms with E-state index in [2.05, 4.69) is 4.98 Å². The van der Waals surface area contributed by atoms with Gasteiger partial charge in [0.25, 0.3) is 0 Å². The Morgan fingerprint density at radius 1 is 1.13 bits per heavy atom. The van der Waals surface area contributed by atoms with E-state index in [4.69, 9.17) is 14.2 Å². The molecule has 0 saturated carbocycles. The van der Waals surface area contributed by atoms with Crippen LogP contribution in [0.5, 0.6) is 0 Å². The first-order valence-corrected chi connectivity index (χ1v) is 9.72. The van der Waals surface area contributed by atoms with Gasteiger partial charge in [0.05, 0.1) is 24.8 Å². The second-order valence-corrected chi connectivity index (χ2v) is 7.82. The number of fused-ring (bicyclic) bond motifs is 1. The van der Waals surface area contributed by atoms with Crippen molar-refractivity contribution >= 4 is 22.8 Å². The lowest BCUT2D eigenvalue weighted by atomic mass is 10.1. The van der Waals surface area contributed by atoms with E-state index in [9.17, 15) is 9.59 Å². The predicted octanol–water partition coefficient (Wildman–Crippen LogP) is 3.71. The van der Waals surface area contributed by atoms with Crippen molar-refractivity contribution in [3.05, 3.63) is 59.9 Å². The van der Waals surface area contributed by atoms with E-state index in [-0.39, 0.29) is 6.61 Å². The molecule has 0 aliphatic rings. The summed E-state index contributed by atoms with van der Waals surface area (Å²) in [6.07, 6.45) is 4.27. The molecule has 7 heteroatoms.